The van der Waals surface area contributed by atoms with Gasteiger partial charge in [-0.3, -0.25) is 0 Å². The molecule has 2 aromatic heterocycles. The Morgan fingerprint density at radius 1 is 1.05 bits per heavy atom. The third-order valence-corrected chi connectivity index (χ3v) is 3.38. The van der Waals surface area contributed by atoms with Crippen LogP contribution in [-0.2, 0) is 0 Å². The van der Waals surface area contributed by atoms with Gasteiger partial charge in [-0.15, -0.1) is 0 Å². The Bertz CT molecular complexity index is 836. The van der Waals surface area contributed by atoms with Crippen molar-refractivity contribution in [2.75, 3.05) is 19.0 Å². The van der Waals surface area contributed by atoms with Gasteiger partial charge in [0.1, 0.15) is 10.8 Å². The van der Waals surface area contributed by atoms with E-state index in [1.807, 2.05) is 38.4 Å². The number of rotatable bonds is 1. The number of hydrogen-bond acceptors (Lipinski definition) is 2. The van der Waals surface area contributed by atoms with Gasteiger partial charge in [-0.25, -0.2) is 4.98 Å². The number of aromatic nitrogens is 2. The van der Waals surface area contributed by atoms with Crippen molar-refractivity contribution in [2.45, 2.75) is 0 Å². The summed E-state index contributed by atoms with van der Waals surface area (Å²) in [6.07, 6.45) is 0. The van der Waals surface area contributed by atoms with Crippen LogP contribution in [0.25, 0.3) is 11.0 Å². The molecule has 0 spiro atoms. The largest absolute Gasteiger partial charge is 0.378 e. The summed E-state index contributed by atoms with van der Waals surface area (Å²) >= 11 is 5.87. The third kappa shape index (κ3) is 3.01. The molecule has 0 saturated heterocycles. The predicted molar refractivity (Wildman–Crippen MR) is 87.9 cm³/mol. The molecule has 0 radical (unpaired) electrons. The number of nitrogens with one attached hydrogen (secondary N) is 1. The van der Waals surface area contributed by atoms with E-state index in [-0.39, 0.29) is 0 Å². The Balaban J connectivity index is 1.88. The SMILES string of the molecule is CN(C)c1ccc(C#Cc2cc3ccc(Cl)nc3[nH]2)cc1. The number of aromatic amines is 1. The van der Waals surface area contributed by atoms with Crippen molar-refractivity contribution in [1.82, 2.24) is 9.97 Å². The van der Waals surface area contributed by atoms with Crippen LogP contribution < -0.4 is 4.90 Å². The summed E-state index contributed by atoms with van der Waals surface area (Å²) in [6.45, 7) is 0. The zero-order valence-electron chi connectivity index (χ0n) is 11.8. The molecule has 3 aromatic rings. The summed E-state index contributed by atoms with van der Waals surface area (Å²) in [5.41, 5.74) is 3.72. The van der Waals surface area contributed by atoms with E-state index in [1.165, 1.54) is 0 Å². The van der Waals surface area contributed by atoms with Crippen LogP contribution in [0.15, 0.2) is 42.5 Å². The number of fused-ring (bicyclic) bond motifs is 1. The summed E-state index contributed by atoms with van der Waals surface area (Å²) in [5.74, 6) is 6.26. The Morgan fingerprint density at radius 2 is 1.81 bits per heavy atom. The topological polar surface area (TPSA) is 31.9 Å². The highest BCUT2D eigenvalue weighted by molar-refractivity contribution is 6.29. The number of pyridine rings is 1. The Hall–Kier alpha value is -2.44. The highest BCUT2D eigenvalue weighted by atomic mass is 35.5. The zero-order valence-corrected chi connectivity index (χ0v) is 12.6. The van der Waals surface area contributed by atoms with Gasteiger partial charge in [0.2, 0.25) is 0 Å². The molecule has 1 N–H and O–H groups in total. The molecule has 104 valence electrons. The fourth-order valence-corrected chi connectivity index (χ4v) is 2.18. The molecule has 0 aliphatic carbocycles. The highest BCUT2D eigenvalue weighted by Crippen LogP contribution is 2.16. The lowest BCUT2D eigenvalue weighted by atomic mass is 10.2. The predicted octanol–water partition coefficient (Wildman–Crippen LogP) is 3.68. The highest BCUT2D eigenvalue weighted by Gasteiger charge is 2.00. The van der Waals surface area contributed by atoms with Crippen LogP contribution in [0, 0.1) is 11.8 Å². The van der Waals surface area contributed by atoms with Crippen LogP contribution in [0.2, 0.25) is 5.15 Å². The van der Waals surface area contributed by atoms with Gasteiger partial charge in [0.05, 0.1) is 5.69 Å². The molecule has 0 aliphatic rings. The minimum Gasteiger partial charge on any atom is -0.378 e. The zero-order chi connectivity index (χ0) is 14.8. The van der Waals surface area contributed by atoms with E-state index in [2.05, 4.69) is 38.8 Å². The molecule has 1 aromatic carbocycles. The van der Waals surface area contributed by atoms with Gasteiger partial charge in [-0.05, 0) is 48.4 Å². The van der Waals surface area contributed by atoms with Crippen molar-refractivity contribution >= 4 is 28.3 Å². The quantitative estimate of drug-likeness (QED) is 0.548. The molecular weight excluding hydrogens is 282 g/mol. The molecule has 0 unspecified atom stereocenters. The van der Waals surface area contributed by atoms with Crippen molar-refractivity contribution < 1.29 is 0 Å². The van der Waals surface area contributed by atoms with Gasteiger partial charge in [-0.1, -0.05) is 17.5 Å². The first-order valence-corrected chi connectivity index (χ1v) is 6.94. The molecule has 21 heavy (non-hydrogen) atoms. The normalized spacial score (nSPS) is 10.2. The maximum Gasteiger partial charge on any atom is 0.140 e. The molecule has 3 nitrogen and oxygen atoms in total. The first-order valence-electron chi connectivity index (χ1n) is 6.56. The molecular formula is C17H14ClN3. The van der Waals surface area contributed by atoms with Crippen LogP contribution in [0.4, 0.5) is 5.69 Å². The van der Waals surface area contributed by atoms with Crippen molar-refractivity contribution in [3.63, 3.8) is 0 Å². The molecule has 2 heterocycles. The molecule has 4 heteroatoms. The second kappa shape index (κ2) is 5.51. The van der Waals surface area contributed by atoms with Crippen molar-refractivity contribution in [2.24, 2.45) is 0 Å². The Morgan fingerprint density at radius 3 is 2.52 bits per heavy atom. The van der Waals surface area contributed by atoms with Gasteiger partial charge >= 0.3 is 0 Å². The number of nitrogens with zero attached hydrogens (tertiary/aromatic N) is 2. The second-order valence-electron chi connectivity index (χ2n) is 4.95. The standard InChI is InChI=1S/C17H14ClN3/c1-21(2)15-8-4-12(5-9-15)3-7-14-11-13-6-10-16(18)20-17(13)19-14/h4-6,8-11H,1-2H3,(H,19,20). The maximum atomic E-state index is 5.87. The lowest BCUT2D eigenvalue weighted by molar-refractivity contribution is 1.13. The average Bonchev–Trinajstić information content (AvgIpc) is 2.87. The van der Waals surface area contributed by atoms with Gasteiger partial charge in [0, 0.05) is 30.7 Å². The summed E-state index contributed by atoms with van der Waals surface area (Å²) in [4.78, 5) is 9.44. The molecule has 0 aliphatic heterocycles. The minimum absolute atomic E-state index is 0.475. The van der Waals surface area contributed by atoms with E-state index in [0.717, 1.165) is 28.0 Å². The lowest BCUT2D eigenvalue weighted by Crippen LogP contribution is -2.07. The summed E-state index contributed by atoms with van der Waals surface area (Å²) in [5, 5.41) is 1.48. The second-order valence-corrected chi connectivity index (χ2v) is 5.33. The number of anilines is 1. The van der Waals surface area contributed by atoms with Crippen LogP contribution in [0.1, 0.15) is 11.3 Å². The number of benzene rings is 1. The van der Waals surface area contributed by atoms with E-state index in [1.54, 1.807) is 6.07 Å². The Kier molecular flexibility index (Phi) is 3.55. The molecule has 0 fully saturated rings. The monoisotopic (exact) mass is 295 g/mol. The number of halogens is 1. The van der Waals surface area contributed by atoms with Gasteiger partial charge in [-0.2, -0.15) is 0 Å². The van der Waals surface area contributed by atoms with E-state index >= 15 is 0 Å². The summed E-state index contributed by atoms with van der Waals surface area (Å²) in [6, 6.07) is 13.8. The molecule has 0 bridgehead atoms. The van der Waals surface area contributed by atoms with Gasteiger partial charge in [0.25, 0.3) is 0 Å². The third-order valence-electron chi connectivity index (χ3n) is 3.17. The molecule has 0 saturated carbocycles. The fourth-order valence-electron chi connectivity index (χ4n) is 2.03. The van der Waals surface area contributed by atoms with Gasteiger partial charge in [0.15, 0.2) is 0 Å². The van der Waals surface area contributed by atoms with Crippen LogP contribution >= 0.6 is 11.6 Å². The van der Waals surface area contributed by atoms with Crippen molar-refractivity contribution in [3.05, 3.63) is 58.9 Å². The van der Waals surface area contributed by atoms with Crippen LogP contribution in [0.5, 0.6) is 0 Å². The van der Waals surface area contributed by atoms with E-state index in [0.29, 0.717) is 5.15 Å². The van der Waals surface area contributed by atoms with E-state index in [9.17, 15) is 0 Å². The van der Waals surface area contributed by atoms with E-state index in [4.69, 9.17) is 11.6 Å². The first kappa shape index (κ1) is 13.5. The summed E-state index contributed by atoms with van der Waals surface area (Å²) < 4.78 is 0. The molecule has 3 rings (SSSR count). The van der Waals surface area contributed by atoms with Crippen LogP contribution in [-0.4, -0.2) is 24.1 Å². The number of H-pyrrole nitrogens is 1. The number of hydrogen-bond donors (Lipinski definition) is 1. The maximum absolute atomic E-state index is 5.87. The van der Waals surface area contributed by atoms with E-state index < -0.39 is 0 Å². The Labute approximate surface area is 128 Å². The van der Waals surface area contributed by atoms with Crippen LogP contribution in [0.3, 0.4) is 0 Å². The minimum atomic E-state index is 0.475. The first-order chi connectivity index (χ1) is 10.1. The smallest absolute Gasteiger partial charge is 0.140 e. The molecule has 0 atom stereocenters. The lowest BCUT2D eigenvalue weighted by Gasteiger charge is -2.11. The summed E-state index contributed by atoms with van der Waals surface area (Å²) in [7, 11) is 4.03. The molecule has 0 amide bonds. The van der Waals surface area contributed by atoms with Gasteiger partial charge < -0.3 is 9.88 Å². The average molecular weight is 296 g/mol. The fraction of sp³-hybridized carbons (Fsp3) is 0.118. The van der Waals surface area contributed by atoms with Crippen molar-refractivity contribution in [1.29, 1.82) is 0 Å². The van der Waals surface area contributed by atoms with Crippen molar-refractivity contribution in [3.8, 4) is 11.8 Å².